The second-order valence-corrected chi connectivity index (χ2v) is 18.5. The molecule has 0 aliphatic heterocycles. The predicted molar refractivity (Wildman–Crippen MR) is 197 cm³/mol. The maximum absolute atomic E-state index is 3.85. The van der Waals surface area contributed by atoms with Crippen molar-refractivity contribution in [3.63, 3.8) is 0 Å². The van der Waals surface area contributed by atoms with Gasteiger partial charge in [-0.1, -0.05) is 92.9 Å². The monoisotopic (exact) mass is 752 g/mol. The molecule has 0 heterocycles. The number of benzene rings is 3. The molecule has 7 rings (SSSR count). The minimum Gasteiger partial charge on any atom is -1.00 e. The summed E-state index contributed by atoms with van der Waals surface area (Å²) in [4.78, 5) is 0. The van der Waals surface area contributed by atoms with Gasteiger partial charge in [-0.3, -0.25) is 6.08 Å². The van der Waals surface area contributed by atoms with Gasteiger partial charge in [0.15, 0.2) is 0 Å². The fourth-order valence-electron chi connectivity index (χ4n) is 7.07. The molecule has 252 valence electrons. The Morgan fingerprint density at radius 3 is 1.71 bits per heavy atom. The molecule has 0 atom stereocenters. The van der Waals surface area contributed by atoms with Crippen molar-refractivity contribution in [2.75, 3.05) is 0 Å². The Bertz CT molecular complexity index is 1720. The number of hydrogen-bond donors (Lipinski definition) is 0. The van der Waals surface area contributed by atoms with Gasteiger partial charge in [-0.2, -0.15) is 23.8 Å². The average Bonchev–Trinajstić information content (AvgIpc) is 3.73. The zero-order valence-electron chi connectivity index (χ0n) is 31.0. The quantitative estimate of drug-likeness (QED) is 0.185. The van der Waals surface area contributed by atoms with E-state index in [9.17, 15) is 0 Å². The standard InChI is InChI=1S/C31H37.C9H10.C5H5.2ClH.Zr/c1-28(2,3)26-16-30(7,8)24-12-18-11-19-13-25-23(15-21(19)20(18)14-22(24)26)27(29(4,5)6)17-31(25,9)10;1-3-9-6-4-8(2)5-7-9;1-2-4-5-3-1;;;/h12-16H,11H2,1-10H3;4-7H,1-2H3;1-5H;2*1H;/q-1;;-1;;;+2/p-2. The van der Waals surface area contributed by atoms with Gasteiger partial charge < -0.3 is 24.8 Å². The van der Waals surface area contributed by atoms with E-state index in [0.717, 1.165) is 6.42 Å². The molecule has 4 aromatic rings. The van der Waals surface area contributed by atoms with Crippen LogP contribution in [0.3, 0.4) is 0 Å². The number of fused-ring (bicyclic) bond motifs is 5. The first-order valence-electron chi connectivity index (χ1n) is 16.8. The molecule has 3 heteroatoms. The van der Waals surface area contributed by atoms with Gasteiger partial charge in [0.05, 0.1) is 0 Å². The Kier molecular flexibility index (Phi) is 12.2. The van der Waals surface area contributed by atoms with Crippen LogP contribution in [-0.2, 0) is 41.5 Å². The van der Waals surface area contributed by atoms with E-state index >= 15 is 0 Å². The fraction of sp³-hybridized carbons (Fsp3) is 0.378. The maximum atomic E-state index is 3.85. The number of halogens is 2. The molecule has 0 saturated carbocycles. The van der Waals surface area contributed by atoms with E-state index in [4.69, 9.17) is 0 Å². The molecule has 0 bridgehead atoms. The Morgan fingerprint density at radius 1 is 0.729 bits per heavy atom. The van der Waals surface area contributed by atoms with Crippen molar-refractivity contribution in [2.45, 2.75) is 100 Å². The summed E-state index contributed by atoms with van der Waals surface area (Å²) < 4.78 is 1.46. The second kappa shape index (κ2) is 14.6. The van der Waals surface area contributed by atoms with Crippen molar-refractivity contribution >= 4 is 14.4 Å². The van der Waals surface area contributed by atoms with Crippen LogP contribution in [0.2, 0.25) is 0 Å². The summed E-state index contributed by atoms with van der Waals surface area (Å²) in [5.41, 5.74) is 17.6. The normalized spacial score (nSPS) is 15.8. The summed E-state index contributed by atoms with van der Waals surface area (Å²) in [6.45, 7) is 27.6. The molecule has 0 N–H and O–H groups in total. The third-order valence-corrected chi connectivity index (χ3v) is 10.3. The van der Waals surface area contributed by atoms with Crippen molar-refractivity contribution in [1.82, 2.24) is 0 Å². The summed E-state index contributed by atoms with van der Waals surface area (Å²) in [5, 5.41) is 0. The van der Waals surface area contributed by atoms with Crippen LogP contribution in [-0.4, -0.2) is 3.21 Å². The van der Waals surface area contributed by atoms with Gasteiger partial charge >= 0.3 is 76.7 Å². The van der Waals surface area contributed by atoms with Crippen LogP contribution in [0.4, 0.5) is 0 Å². The second-order valence-electron chi connectivity index (χ2n) is 16.6. The molecule has 3 aliphatic rings. The van der Waals surface area contributed by atoms with Gasteiger partial charge in [-0.05, 0) is 62.3 Å². The minimum atomic E-state index is -0.0202. The first-order chi connectivity index (χ1) is 21.3. The number of rotatable bonds is 1. The van der Waals surface area contributed by atoms with Gasteiger partial charge in [-0.25, -0.2) is 17.7 Å². The molecule has 0 nitrogen and oxygen atoms in total. The Labute approximate surface area is 319 Å². The Balaban J connectivity index is 0.000000305. The van der Waals surface area contributed by atoms with Gasteiger partial charge in [0.2, 0.25) is 0 Å². The van der Waals surface area contributed by atoms with Crippen molar-refractivity contribution in [3.05, 3.63) is 136 Å². The van der Waals surface area contributed by atoms with Crippen molar-refractivity contribution in [2.24, 2.45) is 10.8 Å². The summed E-state index contributed by atoms with van der Waals surface area (Å²) in [6, 6.07) is 28.7. The van der Waals surface area contributed by atoms with E-state index < -0.39 is 0 Å². The van der Waals surface area contributed by atoms with E-state index in [2.05, 4.69) is 144 Å². The summed E-state index contributed by atoms with van der Waals surface area (Å²) in [7, 11) is 0. The first-order valence-corrected chi connectivity index (χ1v) is 18.1. The third-order valence-electron chi connectivity index (χ3n) is 9.63. The van der Waals surface area contributed by atoms with Crippen LogP contribution in [0, 0.1) is 23.8 Å². The zero-order chi connectivity index (χ0) is 33.8. The van der Waals surface area contributed by atoms with Crippen LogP contribution < -0.4 is 24.8 Å². The third kappa shape index (κ3) is 8.23. The predicted octanol–water partition coefficient (Wildman–Crippen LogP) is 6.00. The Hall–Kier alpha value is -2.18. The molecule has 0 saturated heterocycles. The van der Waals surface area contributed by atoms with Gasteiger partial charge in [0.1, 0.15) is 0 Å². The molecule has 0 unspecified atom stereocenters. The molecule has 0 spiro atoms. The van der Waals surface area contributed by atoms with E-state index in [1.165, 1.54) is 94.2 Å². The summed E-state index contributed by atoms with van der Waals surface area (Å²) in [6.07, 6.45) is 7.41. The Morgan fingerprint density at radius 2 is 1.25 bits per heavy atom. The average molecular weight is 755 g/mol. The molecular formula is C45H52Cl2Zr-2. The van der Waals surface area contributed by atoms with E-state index in [-0.39, 0.29) is 46.5 Å². The van der Waals surface area contributed by atoms with Crippen LogP contribution in [0.5, 0.6) is 0 Å². The molecule has 0 amide bonds. The molecule has 0 fully saturated rings. The first kappa shape index (κ1) is 40.3. The molecule has 0 radical (unpaired) electrons. The van der Waals surface area contributed by atoms with Crippen LogP contribution >= 0.6 is 0 Å². The topological polar surface area (TPSA) is 0 Å². The van der Waals surface area contributed by atoms with Gasteiger partial charge in [0, 0.05) is 5.41 Å². The minimum absolute atomic E-state index is 0. The molecule has 3 aliphatic carbocycles. The number of allylic oxidation sites excluding steroid dienone is 4. The smallest absolute Gasteiger partial charge is 0.172 e. The SMILES string of the molecule is CC(C)(C)C1=[C-]C(C)(C)c2cc3c(cc21)-c1cc2c(cc1C3)C(C)(C)C=C2C(C)(C)C.C[C](=[Zr+2])c1ccc(C)cc1.[Cl-].[Cl-].c1cc[cH-]c1. The van der Waals surface area contributed by atoms with Crippen molar-refractivity contribution < 1.29 is 49.0 Å². The van der Waals surface area contributed by atoms with E-state index in [1.807, 2.05) is 30.3 Å². The summed E-state index contributed by atoms with van der Waals surface area (Å²) in [5.74, 6) is 0. The van der Waals surface area contributed by atoms with Crippen molar-refractivity contribution in [3.8, 4) is 11.1 Å². The van der Waals surface area contributed by atoms with Gasteiger partial charge in [0.25, 0.3) is 0 Å². The largest absolute Gasteiger partial charge is 1.00 e. The maximum Gasteiger partial charge on any atom is -0.172 e. The molecule has 0 aromatic heterocycles. The summed E-state index contributed by atoms with van der Waals surface area (Å²) >= 11 is 1.51. The number of aryl methyl sites for hydroxylation is 1. The zero-order valence-corrected chi connectivity index (χ0v) is 35.0. The van der Waals surface area contributed by atoms with Crippen LogP contribution in [0.25, 0.3) is 22.3 Å². The van der Waals surface area contributed by atoms with Crippen LogP contribution in [0.15, 0.2) is 84.9 Å². The number of hydrogen-bond acceptors (Lipinski definition) is 0. The molecule has 4 aromatic carbocycles. The molecule has 48 heavy (non-hydrogen) atoms. The van der Waals surface area contributed by atoms with Crippen LogP contribution in [0.1, 0.15) is 121 Å². The fourth-order valence-corrected chi connectivity index (χ4v) is 7.48. The molecular weight excluding hydrogens is 703 g/mol. The van der Waals surface area contributed by atoms with Crippen molar-refractivity contribution in [1.29, 1.82) is 0 Å². The van der Waals surface area contributed by atoms with E-state index in [1.54, 1.807) is 0 Å². The van der Waals surface area contributed by atoms with E-state index in [0.29, 0.717) is 0 Å². The van der Waals surface area contributed by atoms with Gasteiger partial charge in [-0.15, -0.1) is 11.6 Å².